The molecule has 5 unspecified atom stereocenters. The number of ether oxygens (including phenoxy) is 1. The second-order valence-corrected chi connectivity index (χ2v) is 14.3. The summed E-state index contributed by atoms with van der Waals surface area (Å²) in [5, 5.41) is 56.3. The summed E-state index contributed by atoms with van der Waals surface area (Å²) >= 11 is 0. The van der Waals surface area contributed by atoms with E-state index >= 15 is 0 Å². The number of ketones is 1. The lowest BCUT2D eigenvalue weighted by atomic mass is 9.91. The van der Waals surface area contributed by atoms with Gasteiger partial charge in [0.25, 0.3) is 0 Å². The maximum absolute atomic E-state index is 12.6. The SMILES string of the molecule is CCCC(O)CC(O)CC(=O)CCc1cc(OC2CC#CC(O)c3ccc(C(N)NCCc4ccccc4)cc3CC3=CN=C4CN2C=C34)c(O)cc1O. The number of aliphatic hydroxyl groups excluding tert-OH is 3. The van der Waals surface area contributed by atoms with Crippen LogP contribution in [0.5, 0.6) is 17.2 Å². The summed E-state index contributed by atoms with van der Waals surface area (Å²) < 4.78 is 6.36. The van der Waals surface area contributed by atoms with Gasteiger partial charge in [-0.2, -0.15) is 0 Å². The van der Waals surface area contributed by atoms with Gasteiger partial charge in [-0.1, -0.05) is 73.7 Å². The van der Waals surface area contributed by atoms with Gasteiger partial charge in [0.05, 0.1) is 37.1 Å². The monoisotopic (exact) mass is 734 g/mol. The Morgan fingerprint density at radius 2 is 1.89 bits per heavy atom. The average Bonchev–Trinajstić information content (AvgIpc) is 3.73. The van der Waals surface area contributed by atoms with Crippen LogP contribution in [-0.2, 0) is 24.1 Å². The van der Waals surface area contributed by atoms with Crippen LogP contribution >= 0.6 is 0 Å². The van der Waals surface area contributed by atoms with Gasteiger partial charge in [-0.3, -0.25) is 15.1 Å². The number of fused-ring (bicyclic) bond motifs is 2. The summed E-state index contributed by atoms with van der Waals surface area (Å²) in [4.78, 5) is 19.3. The third-order valence-corrected chi connectivity index (χ3v) is 10.1. The topological polar surface area (TPSA) is 181 Å². The number of hydrogen-bond donors (Lipinski definition) is 7. The molecule has 0 aliphatic carbocycles. The van der Waals surface area contributed by atoms with Crippen molar-refractivity contribution in [2.45, 2.75) is 95.4 Å². The van der Waals surface area contributed by atoms with Crippen molar-refractivity contribution in [3.05, 3.63) is 112 Å². The fourth-order valence-electron chi connectivity index (χ4n) is 7.13. The molecule has 0 saturated heterocycles. The Morgan fingerprint density at radius 1 is 1.07 bits per heavy atom. The predicted molar refractivity (Wildman–Crippen MR) is 207 cm³/mol. The van der Waals surface area contributed by atoms with Crippen molar-refractivity contribution in [1.29, 1.82) is 0 Å². The van der Waals surface area contributed by atoms with E-state index in [1.807, 2.05) is 60.6 Å². The molecule has 11 heteroatoms. The van der Waals surface area contributed by atoms with Gasteiger partial charge in [0.2, 0.25) is 0 Å². The molecule has 0 saturated carbocycles. The van der Waals surface area contributed by atoms with E-state index in [2.05, 4.69) is 29.3 Å². The van der Waals surface area contributed by atoms with Crippen molar-refractivity contribution in [2.24, 2.45) is 10.7 Å². The third kappa shape index (κ3) is 9.77. The molecular formula is C43H50N4O7. The summed E-state index contributed by atoms with van der Waals surface area (Å²) in [6.07, 6.45) is 3.24. The van der Waals surface area contributed by atoms with E-state index in [0.717, 1.165) is 40.8 Å². The summed E-state index contributed by atoms with van der Waals surface area (Å²) in [6.45, 7) is 3.10. The number of aromatic hydroxyl groups is 2. The van der Waals surface area contributed by atoms with E-state index < -0.39 is 30.7 Å². The van der Waals surface area contributed by atoms with E-state index in [1.54, 1.807) is 0 Å². The van der Waals surface area contributed by atoms with Gasteiger partial charge in [-0.05, 0) is 65.1 Å². The number of benzene rings is 3. The van der Waals surface area contributed by atoms with E-state index in [1.165, 1.54) is 17.7 Å². The molecule has 8 N–H and O–H groups in total. The Balaban J connectivity index is 1.16. The molecule has 3 aromatic carbocycles. The molecule has 2 bridgehead atoms. The van der Waals surface area contributed by atoms with Crippen molar-refractivity contribution in [3.63, 3.8) is 0 Å². The molecular weight excluding hydrogens is 684 g/mol. The lowest BCUT2D eigenvalue weighted by Crippen LogP contribution is -2.35. The number of Topliss-reactive ketones (excluding diaryl/α,β-unsaturated/α-hetero) is 1. The van der Waals surface area contributed by atoms with Gasteiger partial charge in [0.1, 0.15) is 17.6 Å². The number of phenols is 2. The molecule has 3 aromatic rings. The first-order chi connectivity index (χ1) is 26.1. The number of allylic oxidation sites excluding steroid dienone is 1. The minimum Gasteiger partial charge on any atom is -0.508 e. The average molecular weight is 735 g/mol. The number of aliphatic imine (C=N–C) groups is 1. The number of aliphatic hydroxyl groups is 3. The number of carbonyl (C=O) groups excluding carboxylic acids is 1. The van der Waals surface area contributed by atoms with Crippen LogP contribution in [0.1, 0.15) is 85.5 Å². The minimum atomic E-state index is -1.07. The van der Waals surface area contributed by atoms with Crippen LogP contribution in [0.2, 0.25) is 0 Å². The number of carbonyl (C=O) groups is 1. The Morgan fingerprint density at radius 3 is 2.69 bits per heavy atom. The molecule has 284 valence electrons. The van der Waals surface area contributed by atoms with Crippen LogP contribution in [0, 0.1) is 11.8 Å². The Labute approximate surface area is 316 Å². The zero-order valence-electron chi connectivity index (χ0n) is 30.6. The minimum absolute atomic E-state index is 0.0539. The molecule has 54 heavy (non-hydrogen) atoms. The van der Waals surface area contributed by atoms with Crippen LogP contribution in [-0.4, -0.2) is 73.5 Å². The van der Waals surface area contributed by atoms with Crippen LogP contribution in [0.3, 0.4) is 0 Å². The van der Waals surface area contributed by atoms with E-state index in [9.17, 15) is 30.3 Å². The molecule has 0 amide bonds. The molecule has 0 fully saturated rings. The number of nitrogens with two attached hydrogens (primary N) is 1. The fraction of sp³-hybridized carbons (Fsp3) is 0.395. The van der Waals surface area contributed by atoms with Gasteiger partial charge in [-0.25, -0.2) is 0 Å². The zero-order valence-corrected chi connectivity index (χ0v) is 30.6. The van der Waals surface area contributed by atoms with E-state index in [-0.39, 0.29) is 55.1 Å². The quantitative estimate of drug-likeness (QED) is 0.0811. The van der Waals surface area contributed by atoms with Crippen molar-refractivity contribution in [1.82, 2.24) is 10.2 Å². The van der Waals surface area contributed by atoms with E-state index in [4.69, 9.17) is 15.5 Å². The Hall–Kier alpha value is -4.96. The first-order valence-corrected chi connectivity index (χ1v) is 18.7. The molecule has 0 spiro atoms. The second-order valence-electron chi connectivity index (χ2n) is 14.3. The summed E-state index contributed by atoms with van der Waals surface area (Å²) in [6, 6.07) is 18.8. The first kappa shape index (κ1) is 38.8. The molecule has 3 heterocycles. The highest BCUT2D eigenvalue weighted by Crippen LogP contribution is 2.37. The largest absolute Gasteiger partial charge is 0.508 e. The van der Waals surface area contributed by atoms with Crippen molar-refractivity contribution in [2.75, 3.05) is 13.1 Å². The second kappa shape index (κ2) is 17.9. The number of hydrogen-bond acceptors (Lipinski definition) is 11. The number of nitrogens with one attached hydrogen (secondary N) is 1. The van der Waals surface area contributed by atoms with Gasteiger partial charge >= 0.3 is 0 Å². The Bertz CT molecular complexity index is 1970. The maximum atomic E-state index is 12.6. The zero-order chi connectivity index (χ0) is 38.2. The predicted octanol–water partition coefficient (Wildman–Crippen LogP) is 4.62. The molecule has 5 atom stereocenters. The first-order valence-electron chi connectivity index (χ1n) is 18.7. The molecule has 3 aliphatic rings. The lowest BCUT2D eigenvalue weighted by molar-refractivity contribution is -0.121. The molecule has 3 aliphatic heterocycles. The molecule has 11 nitrogen and oxygen atoms in total. The summed E-state index contributed by atoms with van der Waals surface area (Å²) in [5.41, 5.74) is 13.5. The van der Waals surface area contributed by atoms with Crippen LogP contribution in [0.25, 0.3) is 0 Å². The van der Waals surface area contributed by atoms with Gasteiger partial charge in [0.15, 0.2) is 17.7 Å². The molecule has 0 aromatic heterocycles. The number of phenolic OH excluding ortho intramolecular Hbond substituents is 2. The van der Waals surface area contributed by atoms with Crippen LogP contribution in [0.4, 0.5) is 0 Å². The van der Waals surface area contributed by atoms with Crippen LogP contribution < -0.4 is 15.8 Å². The van der Waals surface area contributed by atoms with Gasteiger partial charge in [-0.15, -0.1) is 0 Å². The summed E-state index contributed by atoms with van der Waals surface area (Å²) in [5.74, 6) is 5.53. The number of aryl methyl sites for hydroxylation is 1. The molecule has 0 radical (unpaired) electrons. The van der Waals surface area contributed by atoms with Crippen molar-refractivity contribution >= 4 is 11.5 Å². The molecule has 6 rings (SSSR count). The lowest BCUT2D eigenvalue weighted by Gasteiger charge is -2.27. The number of nitrogens with zero attached hydrogens (tertiary/aromatic N) is 2. The Kier molecular flexibility index (Phi) is 12.9. The van der Waals surface area contributed by atoms with Crippen molar-refractivity contribution in [3.8, 4) is 29.1 Å². The summed E-state index contributed by atoms with van der Waals surface area (Å²) in [7, 11) is 0. The third-order valence-electron chi connectivity index (χ3n) is 10.1. The van der Waals surface area contributed by atoms with Crippen molar-refractivity contribution < 1.29 is 35.1 Å². The van der Waals surface area contributed by atoms with E-state index in [0.29, 0.717) is 37.1 Å². The highest BCUT2D eigenvalue weighted by molar-refractivity contribution is 6.09. The standard InChI is InChI=1S/C43H50N4O7/c1-2-7-32(48)21-34(50)22-33(49)14-12-28-20-41(40(53)23-39(28)52)54-42-11-6-10-38(51)35-15-13-29(43(44)45-17-16-27-8-4-3-5-9-27)18-30(35)19-31-24-46-37-26-47(42)25-36(31)37/h3-5,8-9,13,15,18,20,23-25,32,34,38,42-43,45,48,50-53H,2,7,11-12,14,16-17,19,21-22,26,44H2,1H3. The highest BCUT2D eigenvalue weighted by Gasteiger charge is 2.32. The highest BCUT2D eigenvalue weighted by atomic mass is 16.5. The van der Waals surface area contributed by atoms with Gasteiger partial charge in [0, 0.05) is 49.8 Å². The van der Waals surface area contributed by atoms with Gasteiger partial charge < -0.3 is 40.9 Å². The normalized spacial score (nSPS) is 19.2. The smallest absolute Gasteiger partial charge is 0.183 e. The van der Waals surface area contributed by atoms with Crippen LogP contribution in [0.15, 0.2) is 89.2 Å². The fourth-order valence-corrected chi connectivity index (χ4v) is 7.13. The maximum Gasteiger partial charge on any atom is 0.183 e. The number of rotatable bonds is 16.